The number of nitrogens with zero attached hydrogens (tertiary/aromatic N) is 3. The van der Waals surface area contributed by atoms with Crippen LogP contribution in [0.4, 0.5) is 0 Å². The van der Waals surface area contributed by atoms with E-state index in [1.54, 1.807) is 0 Å². The van der Waals surface area contributed by atoms with Crippen molar-refractivity contribution in [2.24, 2.45) is 0 Å². The third-order valence-corrected chi connectivity index (χ3v) is 3.44. The van der Waals surface area contributed by atoms with Crippen molar-refractivity contribution in [3.63, 3.8) is 0 Å². The second kappa shape index (κ2) is 5.19. The summed E-state index contributed by atoms with van der Waals surface area (Å²) in [6.07, 6.45) is 0. The number of aromatic nitrogens is 2. The van der Waals surface area contributed by atoms with Gasteiger partial charge in [0.25, 0.3) is 0 Å². The van der Waals surface area contributed by atoms with Gasteiger partial charge in [0.2, 0.25) is 0 Å². The number of hydrogen-bond acceptors (Lipinski definition) is 5. The molecule has 1 aromatic carbocycles. The van der Waals surface area contributed by atoms with Crippen molar-refractivity contribution < 1.29 is 9.37 Å². The van der Waals surface area contributed by atoms with E-state index >= 15 is 0 Å². The van der Waals surface area contributed by atoms with Crippen molar-refractivity contribution in [1.82, 2.24) is 15.2 Å². The number of aryl methyl sites for hydroxylation is 1. The molecule has 0 N–H and O–H groups in total. The summed E-state index contributed by atoms with van der Waals surface area (Å²) in [6.45, 7) is 4.86. The molecule has 0 amide bonds. The van der Waals surface area contributed by atoms with Crippen molar-refractivity contribution in [2.75, 3.05) is 13.2 Å². The average molecular weight is 280 g/mol. The Kier molecular flexibility index (Phi) is 3.40. The van der Waals surface area contributed by atoms with Crippen LogP contribution in [0.15, 0.2) is 22.8 Å². The number of benzene rings is 1. The minimum atomic E-state index is 0.652. The van der Waals surface area contributed by atoms with Crippen LogP contribution < -0.4 is 4.74 Å². The molecular formula is C13H14ClN3O2. The van der Waals surface area contributed by atoms with E-state index in [0.717, 1.165) is 40.8 Å². The molecule has 6 heteroatoms. The summed E-state index contributed by atoms with van der Waals surface area (Å²) in [7, 11) is 0. The van der Waals surface area contributed by atoms with Crippen LogP contribution in [-0.2, 0) is 13.1 Å². The largest absolute Gasteiger partial charge is 0.492 e. The first-order valence-electron chi connectivity index (χ1n) is 6.14. The summed E-state index contributed by atoms with van der Waals surface area (Å²) in [4.78, 5) is 2.24. The van der Waals surface area contributed by atoms with Gasteiger partial charge in [-0.15, -0.1) is 0 Å². The molecule has 0 fully saturated rings. The van der Waals surface area contributed by atoms with Gasteiger partial charge in [-0.05, 0) is 25.1 Å². The first-order valence-corrected chi connectivity index (χ1v) is 6.52. The van der Waals surface area contributed by atoms with Gasteiger partial charge < -0.3 is 4.74 Å². The summed E-state index contributed by atoms with van der Waals surface area (Å²) < 4.78 is 10.5. The Morgan fingerprint density at radius 2 is 2.26 bits per heavy atom. The normalized spacial score (nSPS) is 15.7. The molecular weight excluding hydrogens is 266 g/mol. The third kappa shape index (κ3) is 2.72. The van der Waals surface area contributed by atoms with Crippen LogP contribution in [0.5, 0.6) is 5.75 Å². The van der Waals surface area contributed by atoms with Crippen molar-refractivity contribution in [1.29, 1.82) is 0 Å². The van der Waals surface area contributed by atoms with E-state index in [1.807, 2.05) is 25.1 Å². The van der Waals surface area contributed by atoms with E-state index in [1.165, 1.54) is 0 Å². The molecule has 1 aliphatic rings. The molecule has 100 valence electrons. The molecule has 19 heavy (non-hydrogen) atoms. The fraction of sp³-hybridized carbons (Fsp3) is 0.385. The summed E-state index contributed by atoms with van der Waals surface area (Å²) in [5.41, 5.74) is 2.79. The molecule has 1 aliphatic heterocycles. The van der Waals surface area contributed by atoms with E-state index < -0.39 is 0 Å². The van der Waals surface area contributed by atoms with Crippen LogP contribution in [0.1, 0.15) is 17.0 Å². The molecule has 2 aromatic rings. The Labute approximate surface area is 116 Å². The topological polar surface area (TPSA) is 51.4 Å². The second-order valence-corrected chi connectivity index (χ2v) is 5.04. The fourth-order valence-electron chi connectivity index (χ4n) is 2.16. The quantitative estimate of drug-likeness (QED) is 0.845. The lowest BCUT2D eigenvalue weighted by Crippen LogP contribution is -2.25. The Morgan fingerprint density at radius 3 is 3.05 bits per heavy atom. The number of fused-ring (bicyclic) bond motifs is 1. The molecule has 0 aliphatic carbocycles. The summed E-state index contributed by atoms with van der Waals surface area (Å²) in [6, 6.07) is 5.72. The van der Waals surface area contributed by atoms with Gasteiger partial charge in [-0.2, -0.15) is 0 Å². The van der Waals surface area contributed by atoms with Crippen LogP contribution in [0.25, 0.3) is 0 Å². The maximum atomic E-state index is 6.03. The smallest absolute Gasteiger partial charge is 0.123 e. The van der Waals surface area contributed by atoms with Gasteiger partial charge >= 0.3 is 0 Å². The highest BCUT2D eigenvalue weighted by Crippen LogP contribution is 2.26. The maximum absolute atomic E-state index is 6.03. The van der Waals surface area contributed by atoms with Gasteiger partial charge in [-0.3, -0.25) is 4.90 Å². The first kappa shape index (κ1) is 12.4. The fourth-order valence-corrected chi connectivity index (χ4v) is 2.35. The molecule has 0 unspecified atom stereocenters. The minimum Gasteiger partial charge on any atom is -0.492 e. The molecule has 0 radical (unpaired) electrons. The Morgan fingerprint density at radius 1 is 1.37 bits per heavy atom. The SMILES string of the molecule is Cc1nonc1CN1CCOc2ccc(Cl)cc2C1. The third-order valence-electron chi connectivity index (χ3n) is 3.20. The number of halogens is 1. The molecule has 2 heterocycles. The Hall–Kier alpha value is -1.59. The summed E-state index contributed by atoms with van der Waals surface area (Å²) >= 11 is 6.03. The number of hydrogen-bond donors (Lipinski definition) is 0. The van der Waals surface area contributed by atoms with Gasteiger partial charge in [0.15, 0.2) is 0 Å². The van der Waals surface area contributed by atoms with Gasteiger partial charge in [-0.1, -0.05) is 21.9 Å². The molecule has 0 saturated carbocycles. The molecule has 0 saturated heterocycles. The average Bonchev–Trinajstić information content (AvgIpc) is 2.67. The van der Waals surface area contributed by atoms with Crippen molar-refractivity contribution in [3.05, 3.63) is 40.2 Å². The minimum absolute atomic E-state index is 0.652. The second-order valence-electron chi connectivity index (χ2n) is 4.61. The molecule has 0 spiro atoms. The number of ether oxygens (including phenoxy) is 1. The van der Waals surface area contributed by atoms with Crippen LogP contribution in [0.2, 0.25) is 5.02 Å². The van der Waals surface area contributed by atoms with E-state index in [0.29, 0.717) is 13.2 Å². The highest BCUT2D eigenvalue weighted by atomic mass is 35.5. The molecule has 0 atom stereocenters. The van der Waals surface area contributed by atoms with Crippen molar-refractivity contribution in [3.8, 4) is 5.75 Å². The van der Waals surface area contributed by atoms with Crippen LogP contribution in [0.3, 0.4) is 0 Å². The van der Waals surface area contributed by atoms with E-state index in [4.69, 9.17) is 21.0 Å². The highest BCUT2D eigenvalue weighted by molar-refractivity contribution is 6.30. The molecule has 0 bridgehead atoms. The zero-order valence-electron chi connectivity index (χ0n) is 10.6. The lowest BCUT2D eigenvalue weighted by molar-refractivity contribution is 0.212. The van der Waals surface area contributed by atoms with Gasteiger partial charge in [0.05, 0.1) is 0 Å². The molecule has 1 aromatic heterocycles. The summed E-state index contributed by atoms with van der Waals surface area (Å²) in [5.74, 6) is 0.905. The van der Waals surface area contributed by atoms with E-state index in [-0.39, 0.29) is 0 Å². The first-order chi connectivity index (χ1) is 9.22. The number of rotatable bonds is 2. The Bertz CT molecular complexity index is 585. The predicted molar refractivity (Wildman–Crippen MR) is 70.1 cm³/mol. The van der Waals surface area contributed by atoms with Crippen LogP contribution in [0, 0.1) is 6.92 Å². The van der Waals surface area contributed by atoms with Gasteiger partial charge in [0, 0.05) is 30.2 Å². The predicted octanol–water partition coefficient (Wildman–Crippen LogP) is 2.43. The van der Waals surface area contributed by atoms with E-state index in [9.17, 15) is 0 Å². The highest BCUT2D eigenvalue weighted by Gasteiger charge is 2.18. The Balaban J connectivity index is 1.80. The van der Waals surface area contributed by atoms with Crippen LogP contribution in [-0.4, -0.2) is 28.4 Å². The zero-order chi connectivity index (χ0) is 13.2. The van der Waals surface area contributed by atoms with Gasteiger partial charge in [0.1, 0.15) is 23.7 Å². The molecule has 3 rings (SSSR count). The lowest BCUT2D eigenvalue weighted by Gasteiger charge is -2.17. The molecule has 5 nitrogen and oxygen atoms in total. The van der Waals surface area contributed by atoms with E-state index in [2.05, 4.69) is 15.2 Å². The van der Waals surface area contributed by atoms with Crippen LogP contribution >= 0.6 is 11.6 Å². The van der Waals surface area contributed by atoms with Crippen molar-refractivity contribution >= 4 is 11.6 Å². The van der Waals surface area contributed by atoms with Gasteiger partial charge in [-0.25, -0.2) is 4.63 Å². The van der Waals surface area contributed by atoms with Crippen molar-refractivity contribution in [2.45, 2.75) is 20.0 Å². The maximum Gasteiger partial charge on any atom is 0.123 e. The monoisotopic (exact) mass is 279 g/mol. The standard InChI is InChI=1S/C13H14ClN3O2/c1-9-12(16-19-15-9)8-17-4-5-18-13-3-2-11(14)6-10(13)7-17/h2-3,6H,4-5,7-8H2,1H3. The zero-order valence-corrected chi connectivity index (χ0v) is 11.4. The summed E-state index contributed by atoms with van der Waals surface area (Å²) in [5, 5.41) is 8.44. The lowest BCUT2D eigenvalue weighted by atomic mass is 10.2.